The molecule has 2 nitrogen and oxygen atoms in total. The number of aliphatic hydroxyl groups is 2. The lowest BCUT2D eigenvalue weighted by Gasteiger charge is -2.35. The molecule has 1 saturated carbocycles. The Balaban J connectivity index is 2.47. The molecule has 0 aromatic carbocycles. The predicted molar refractivity (Wildman–Crippen MR) is 67.3 cm³/mol. The third-order valence-corrected chi connectivity index (χ3v) is 4.16. The zero-order valence-electron chi connectivity index (χ0n) is 10.9. The first-order valence-corrected chi connectivity index (χ1v) is 7.06. The summed E-state index contributed by atoms with van der Waals surface area (Å²) in [6.45, 7) is 4.34. The highest BCUT2D eigenvalue weighted by Crippen LogP contribution is 2.32. The van der Waals surface area contributed by atoms with E-state index in [9.17, 15) is 10.2 Å². The molecular formula is C14H28O2. The molecule has 1 fully saturated rings. The molecule has 96 valence electrons. The Labute approximate surface area is 100 Å². The van der Waals surface area contributed by atoms with Crippen molar-refractivity contribution in [3.8, 4) is 0 Å². The fourth-order valence-corrected chi connectivity index (χ4v) is 2.97. The van der Waals surface area contributed by atoms with Gasteiger partial charge in [0.15, 0.2) is 0 Å². The highest BCUT2D eigenvalue weighted by molar-refractivity contribution is 4.83. The SMILES string of the molecule is CCCC[C@@H](CC)[C@@H](O)[C@@H]1CCCC[C@@H]1O. The van der Waals surface area contributed by atoms with Crippen molar-refractivity contribution in [2.24, 2.45) is 11.8 Å². The average Bonchev–Trinajstić information content (AvgIpc) is 2.30. The lowest BCUT2D eigenvalue weighted by atomic mass is 9.76. The van der Waals surface area contributed by atoms with Crippen LogP contribution in [0.3, 0.4) is 0 Å². The van der Waals surface area contributed by atoms with Crippen LogP contribution in [-0.2, 0) is 0 Å². The average molecular weight is 228 g/mol. The summed E-state index contributed by atoms with van der Waals surface area (Å²) >= 11 is 0. The lowest BCUT2D eigenvalue weighted by molar-refractivity contribution is -0.0417. The smallest absolute Gasteiger partial charge is 0.0621 e. The van der Waals surface area contributed by atoms with Gasteiger partial charge in [-0.2, -0.15) is 0 Å². The van der Waals surface area contributed by atoms with E-state index >= 15 is 0 Å². The molecular weight excluding hydrogens is 200 g/mol. The van der Waals surface area contributed by atoms with Gasteiger partial charge < -0.3 is 10.2 Å². The van der Waals surface area contributed by atoms with Crippen LogP contribution in [0.2, 0.25) is 0 Å². The molecule has 1 aliphatic rings. The highest BCUT2D eigenvalue weighted by atomic mass is 16.3. The van der Waals surface area contributed by atoms with Crippen LogP contribution in [0.15, 0.2) is 0 Å². The Morgan fingerprint density at radius 2 is 1.88 bits per heavy atom. The van der Waals surface area contributed by atoms with Gasteiger partial charge in [0.1, 0.15) is 0 Å². The number of hydrogen-bond acceptors (Lipinski definition) is 2. The summed E-state index contributed by atoms with van der Waals surface area (Å²) in [4.78, 5) is 0. The number of unbranched alkanes of at least 4 members (excludes halogenated alkanes) is 1. The van der Waals surface area contributed by atoms with E-state index in [1.54, 1.807) is 0 Å². The van der Waals surface area contributed by atoms with Crippen LogP contribution in [0.1, 0.15) is 65.2 Å². The standard InChI is InChI=1S/C14H28O2/c1-3-5-8-11(4-2)14(16)12-9-6-7-10-13(12)15/h11-16H,3-10H2,1-2H3/t11-,12-,13+,14-/m1/s1. The minimum absolute atomic E-state index is 0.135. The van der Waals surface area contributed by atoms with E-state index in [4.69, 9.17) is 0 Å². The first-order chi connectivity index (χ1) is 7.70. The summed E-state index contributed by atoms with van der Waals surface area (Å²) in [6, 6.07) is 0. The van der Waals surface area contributed by atoms with Crippen LogP contribution in [0.5, 0.6) is 0 Å². The first-order valence-electron chi connectivity index (χ1n) is 7.06. The molecule has 0 aliphatic heterocycles. The lowest BCUT2D eigenvalue weighted by Crippen LogP contribution is -2.38. The molecule has 0 heterocycles. The van der Waals surface area contributed by atoms with Gasteiger partial charge in [-0.15, -0.1) is 0 Å². The van der Waals surface area contributed by atoms with Gasteiger partial charge in [0.05, 0.1) is 12.2 Å². The van der Waals surface area contributed by atoms with E-state index in [1.165, 1.54) is 19.3 Å². The first kappa shape index (κ1) is 14.0. The molecule has 0 amide bonds. The monoisotopic (exact) mass is 228 g/mol. The Hall–Kier alpha value is -0.0800. The second kappa shape index (κ2) is 7.29. The van der Waals surface area contributed by atoms with Gasteiger partial charge in [0.2, 0.25) is 0 Å². The van der Waals surface area contributed by atoms with Crippen LogP contribution in [0, 0.1) is 11.8 Å². The van der Waals surface area contributed by atoms with Gasteiger partial charge in [0.25, 0.3) is 0 Å². The van der Waals surface area contributed by atoms with Crippen molar-refractivity contribution >= 4 is 0 Å². The maximum Gasteiger partial charge on any atom is 0.0621 e. The van der Waals surface area contributed by atoms with Crippen molar-refractivity contribution < 1.29 is 10.2 Å². The molecule has 16 heavy (non-hydrogen) atoms. The summed E-state index contributed by atoms with van der Waals surface area (Å²) in [5, 5.41) is 20.3. The molecule has 0 saturated heterocycles. The minimum atomic E-state index is -0.285. The van der Waals surface area contributed by atoms with Crippen molar-refractivity contribution in [1.29, 1.82) is 0 Å². The number of hydrogen-bond donors (Lipinski definition) is 2. The Morgan fingerprint density at radius 3 is 2.44 bits per heavy atom. The molecule has 0 aromatic rings. The summed E-state index contributed by atoms with van der Waals surface area (Å²) in [5.74, 6) is 0.522. The van der Waals surface area contributed by atoms with E-state index in [0.717, 1.165) is 32.1 Å². The predicted octanol–water partition coefficient (Wildman–Crippen LogP) is 3.11. The summed E-state index contributed by atoms with van der Waals surface area (Å²) in [6.07, 6.45) is 8.15. The molecule has 0 unspecified atom stereocenters. The van der Waals surface area contributed by atoms with E-state index in [1.807, 2.05) is 0 Å². The van der Waals surface area contributed by atoms with Crippen molar-refractivity contribution in [3.63, 3.8) is 0 Å². The van der Waals surface area contributed by atoms with Crippen LogP contribution < -0.4 is 0 Å². The summed E-state index contributed by atoms with van der Waals surface area (Å²) in [5.41, 5.74) is 0. The number of aliphatic hydroxyl groups excluding tert-OH is 2. The van der Waals surface area contributed by atoms with Gasteiger partial charge in [-0.3, -0.25) is 0 Å². The molecule has 1 rings (SSSR count). The van der Waals surface area contributed by atoms with Crippen molar-refractivity contribution in [3.05, 3.63) is 0 Å². The zero-order valence-corrected chi connectivity index (χ0v) is 10.9. The minimum Gasteiger partial charge on any atom is -0.393 e. The fraction of sp³-hybridized carbons (Fsp3) is 1.00. The van der Waals surface area contributed by atoms with Gasteiger partial charge in [-0.25, -0.2) is 0 Å². The van der Waals surface area contributed by atoms with Gasteiger partial charge in [-0.1, -0.05) is 46.0 Å². The Bertz CT molecular complexity index is 182. The molecule has 0 radical (unpaired) electrons. The van der Waals surface area contributed by atoms with Gasteiger partial charge in [0, 0.05) is 5.92 Å². The van der Waals surface area contributed by atoms with E-state index in [-0.39, 0.29) is 18.1 Å². The second-order valence-electron chi connectivity index (χ2n) is 5.32. The molecule has 0 bridgehead atoms. The molecule has 2 N–H and O–H groups in total. The second-order valence-corrected chi connectivity index (χ2v) is 5.32. The quantitative estimate of drug-likeness (QED) is 0.733. The van der Waals surface area contributed by atoms with E-state index < -0.39 is 0 Å². The van der Waals surface area contributed by atoms with Crippen LogP contribution in [0.4, 0.5) is 0 Å². The van der Waals surface area contributed by atoms with Crippen LogP contribution in [-0.4, -0.2) is 22.4 Å². The molecule has 4 atom stereocenters. The van der Waals surface area contributed by atoms with Crippen molar-refractivity contribution in [1.82, 2.24) is 0 Å². The Kier molecular flexibility index (Phi) is 6.37. The fourth-order valence-electron chi connectivity index (χ4n) is 2.97. The molecule has 0 spiro atoms. The normalized spacial score (nSPS) is 30.0. The van der Waals surface area contributed by atoms with E-state index in [2.05, 4.69) is 13.8 Å². The van der Waals surface area contributed by atoms with Crippen molar-refractivity contribution in [2.75, 3.05) is 0 Å². The van der Waals surface area contributed by atoms with Gasteiger partial charge >= 0.3 is 0 Å². The number of rotatable bonds is 6. The van der Waals surface area contributed by atoms with Crippen LogP contribution >= 0.6 is 0 Å². The topological polar surface area (TPSA) is 40.5 Å². The maximum atomic E-state index is 10.4. The summed E-state index contributed by atoms with van der Waals surface area (Å²) in [7, 11) is 0. The van der Waals surface area contributed by atoms with Crippen molar-refractivity contribution in [2.45, 2.75) is 77.4 Å². The van der Waals surface area contributed by atoms with Crippen LogP contribution in [0.25, 0.3) is 0 Å². The zero-order chi connectivity index (χ0) is 12.0. The highest BCUT2D eigenvalue weighted by Gasteiger charge is 2.33. The third-order valence-electron chi connectivity index (χ3n) is 4.16. The maximum absolute atomic E-state index is 10.4. The summed E-state index contributed by atoms with van der Waals surface area (Å²) < 4.78 is 0. The molecule has 0 aromatic heterocycles. The molecule has 1 aliphatic carbocycles. The Morgan fingerprint density at radius 1 is 1.19 bits per heavy atom. The van der Waals surface area contributed by atoms with E-state index in [0.29, 0.717) is 5.92 Å². The largest absolute Gasteiger partial charge is 0.393 e. The third kappa shape index (κ3) is 3.74. The van der Waals surface area contributed by atoms with Gasteiger partial charge in [-0.05, 0) is 25.2 Å². The molecule has 2 heteroatoms.